The van der Waals surface area contributed by atoms with Gasteiger partial charge in [-0.3, -0.25) is 9.59 Å². The molecule has 1 heterocycles. The Morgan fingerprint density at radius 2 is 2.10 bits per heavy atom. The molecule has 2 atom stereocenters. The number of nitrogens with one attached hydrogen (secondary N) is 1. The highest BCUT2D eigenvalue weighted by atomic mass is 32.1. The maximum Gasteiger partial charge on any atom is 0.391 e. The van der Waals surface area contributed by atoms with Gasteiger partial charge in [-0.2, -0.15) is 13.2 Å². The number of carbonyl (C=O) groups is 2. The summed E-state index contributed by atoms with van der Waals surface area (Å²) in [4.78, 5) is 27.1. The molecule has 2 unspecified atom stereocenters. The average molecular weight is 320 g/mol. The van der Waals surface area contributed by atoms with Gasteiger partial charge in [0.2, 0.25) is 5.91 Å². The van der Waals surface area contributed by atoms with E-state index in [4.69, 9.17) is 0 Å². The van der Waals surface area contributed by atoms with Gasteiger partial charge < -0.3 is 5.32 Å². The lowest BCUT2D eigenvalue weighted by molar-refractivity contribution is -0.185. The van der Waals surface area contributed by atoms with Gasteiger partial charge in [0.25, 0.3) is 0 Å². The highest BCUT2D eigenvalue weighted by Gasteiger charge is 2.43. The van der Waals surface area contributed by atoms with Crippen LogP contribution in [0.25, 0.3) is 0 Å². The predicted molar refractivity (Wildman–Crippen MR) is 72.3 cm³/mol. The highest BCUT2D eigenvalue weighted by Crippen LogP contribution is 2.40. The second kappa shape index (κ2) is 6.13. The van der Waals surface area contributed by atoms with Crippen molar-refractivity contribution >= 4 is 28.2 Å². The summed E-state index contributed by atoms with van der Waals surface area (Å²) in [7, 11) is 0. The molecule has 0 aromatic carbocycles. The molecule has 0 saturated heterocycles. The number of hydrogen-bond acceptors (Lipinski definition) is 4. The van der Waals surface area contributed by atoms with E-state index in [0.29, 0.717) is 12.8 Å². The summed E-state index contributed by atoms with van der Waals surface area (Å²) in [6, 6.07) is 0. The number of amides is 1. The largest absolute Gasteiger partial charge is 0.391 e. The van der Waals surface area contributed by atoms with Crippen molar-refractivity contribution < 1.29 is 22.8 Å². The lowest BCUT2D eigenvalue weighted by atomic mass is 9.80. The van der Waals surface area contributed by atoms with Gasteiger partial charge in [-0.15, -0.1) is 11.3 Å². The Labute approximate surface area is 123 Å². The van der Waals surface area contributed by atoms with Gasteiger partial charge in [0.15, 0.2) is 10.9 Å². The van der Waals surface area contributed by atoms with Crippen molar-refractivity contribution in [2.75, 3.05) is 5.32 Å². The lowest BCUT2D eigenvalue weighted by Gasteiger charge is -2.29. The van der Waals surface area contributed by atoms with Crippen LogP contribution in [0, 0.1) is 11.8 Å². The monoisotopic (exact) mass is 320 g/mol. The van der Waals surface area contributed by atoms with E-state index < -0.39 is 23.9 Å². The molecule has 1 amide bonds. The normalized spacial score (nSPS) is 22.9. The first-order valence-corrected chi connectivity index (χ1v) is 7.49. The average Bonchev–Trinajstić information content (AvgIpc) is 2.86. The number of carbonyl (C=O) groups excluding carboxylic acids is 2. The fraction of sp³-hybridized carbons (Fsp3) is 0.615. The molecule has 0 radical (unpaired) electrons. The zero-order chi connectivity index (χ0) is 15.6. The number of alkyl halides is 3. The van der Waals surface area contributed by atoms with Crippen LogP contribution in [-0.4, -0.2) is 22.9 Å². The van der Waals surface area contributed by atoms with E-state index >= 15 is 0 Å². The molecule has 1 aromatic rings. The standard InChI is InChI=1S/C13H15F3N2O2S/c1-7(19)10-6-21-12(17-10)18-11(20)8-3-2-4-9(5-8)13(14,15)16/h6,8-9H,2-5H2,1H3,(H,17,18,20). The van der Waals surface area contributed by atoms with Crippen molar-refractivity contribution in [1.29, 1.82) is 0 Å². The molecule has 1 aliphatic carbocycles. The highest BCUT2D eigenvalue weighted by molar-refractivity contribution is 7.14. The van der Waals surface area contributed by atoms with Gasteiger partial charge in [-0.1, -0.05) is 6.42 Å². The third-order valence-corrected chi connectivity index (χ3v) is 4.36. The summed E-state index contributed by atoms with van der Waals surface area (Å²) in [5.74, 6) is -2.74. The third kappa shape index (κ3) is 4.03. The summed E-state index contributed by atoms with van der Waals surface area (Å²) in [5.41, 5.74) is 0.243. The minimum atomic E-state index is -4.25. The zero-order valence-electron chi connectivity index (χ0n) is 11.4. The SMILES string of the molecule is CC(=O)c1csc(NC(=O)C2CCCC(C(F)(F)F)C2)n1. The molecule has 0 spiro atoms. The smallest absolute Gasteiger partial charge is 0.302 e. The number of rotatable bonds is 3. The van der Waals surface area contributed by atoms with E-state index in [-0.39, 0.29) is 29.5 Å². The third-order valence-electron chi connectivity index (χ3n) is 3.60. The number of anilines is 1. The van der Waals surface area contributed by atoms with Crippen molar-refractivity contribution in [1.82, 2.24) is 4.98 Å². The first-order valence-electron chi connectivity index (χ1n) is 6.61. The Hall–Kier alpha value is -1.44. The van der Waals surface area contributed by atoms with Gasteiger partial charge >= 0.3 is 6.18 Å². The molecule has 1 aromatic heterocycles. The van der Waals surface area contributed by atoms with Crippen LogP contribution in [0.5, 0.6) is 0 Å². The summed E-state index contributed by atoms with van der Waals surface area (Å²) in [6.45, 7) is 1.36. The van der Waals surface area contributed by atoms with Gasteiger partial charge in [0, 0.05) is 18.2 Å². The molecule has 0 aliphatic heterocycles. The Morgan fingerprint density at radius 1 is 1.38 bits per heavy atom. The minimum Gasteiger partial charge on any atom is -0.302 e. The van der Waals surface area contributed by atoms with E-state index in [1.807, 2.05) is 0 Å². The number of hydrogen-bond donors (Lipinski definition) is 1. The second-order valence-corrected chi connectivity index (χ2v) is 6.04. The summed E-state index contributed by atoms with van der Waals surface area (Å²) in [5, 5.41) is 4.27. The minimum absolute atomic E-state index is 0.0824. The topological polar surface area (TPSA) is 59.1 Å². The molecule has 4 nitrogen and oxygen atoms in total. The number of nitrogens with zero attached hydrogens (tertiary/aromatic N) is 1. The summed E-state index contributed by atoms with van der Waals surface area (Å²) < 4.78 is 38.2. The van der Waals surface area contributed by atoms with Crippen LogP contribution < -0.4 is 5.32 Å². The van der Waals surface area contributed by atoms with Crippen LogP contribution in [0.1, 0.15) is 43.1 Å². The lowest BCUT2D eigenvalue weighted by Crippen LogP contribution is -2.34. The number of aromatic nitrogens is 1. The number of Topliss-reactive ketones (excluding diaryl/α,β-unsaturated/α-hetero) is 1. The van der Waals surface area contributed by atoms with Gasteiger partial charge in [0.1, 0.15) is 5.69 Å². The van der Waals surface area contributed by atoms with Crippen LogP contribution >= 0.6 is 11.3 Å². The maximum absolute atomic E-state index is 12.7. The maximum atomic E-state index is 12.7. The zero-order valence-corrected chi connectivity index (χ0v) is 12.2. The number of thiazole rings is 1. The second-order valence-electron chi connectivity index (χ2n) is 5.19. The fourth-order valence-electron chi connectivity index (χ4n) is 2.43. The Kier molecular flexibility index (Phi) is 4.65. The Balaban J connectivity index is 1.97. The van der Waals surface area contributed by atoms with Gasteiger partial charge in [0.05, 0.1) is 5.92 Å². The van der Waals surface area contributed by atoms with Crippen molar-refractivity contribution in [2.24, 2.45) is 11.8 Å². The van der Waals surface area contributed by atoms with Crippen molar-refractivity contribution in [3.05, 3.63) is 11.1 Å². The molecule has 2 rings (SSSR count). The van der Waals surface area contributed by atoms with Crippen molar-refractivity contribution in [3.8, 4) is 0 Å². The molecule has 1 N–H and O–H groups in total. The van der Waals surface area contributed by atoms with Crippen LogP contribution in [0.4, 0.5) is 18.3 Å². The first-order chi connectivity index (χ1) is 9.77. The molecule has 1 aliphatic rings. The van der Waals surface area contributed by atoms with Crippen molar-refractivity contribution in [3.63, 3.8) is 0 Å². The summed E-state index contributed by atoms with van der Waals surface area (Å²) >= 11 is 1.09. The fourth-order valence-corrected chi connectivity index (χ4v) is 3.18. The predicted octanol–water partition coefficient (Wildman–Crippen LogP) is 3.65. The van der Waals surface area contributed by atoms with Crippen LogP contribution in [0.3, 0.4) is 0 Å². The van der Waals surface area contributed by atoms with Crippen molar-refractivity contribution in [2.45, 2.75) is 38.8 Å². The molecule has 8 heteroatoms. The van der Waals surface area contributed by atoms with E-state index in [2.05, 4.69) is 10.3 Å². The van der Waals surface area contributed by atoms with Crippen LogP contribution in [0.2, 0.25) is 0 Å². The van der Waals surface area contributed by atoms with Gasteiger partial charge in [-0.05, 0) is 19.3 Å². The van der Waals surface area contributed by atoms with E-state index in [1.165, 1.54) is 12.3 Å². The molecule has 1 fully saturated rings. The van der Waals surface area contributed by atoms with Gasteiger partial charge in [-0.25, -0.2) is 4.98 Å². The number of ketones is 1. The Morgan fingerprint density at radius 3 is 2.67 bits per heavy atom. The van der Waals surface area contributed by atoms with E-state index in [9.17, 15) is 22.8 Å². The van der Waals surface area contributed by atoms with Crippen LogP contribution in [-0.2, 0) is 4.79 Å². The van der Waals surface area contributed by atoms with E-state index in [1.54, 1.807) is 0 Å². The molecule has 116 valence electrons. The van der Waals surface area contributed by atoms with Crippen LogP contribution in [0.15, 0.2) is 5.38 Å². The molecular weight excluding hydrogens is 305 g/mol. The number of halogens is 3. The molecule has 1 saturated carbocycles. The molecule has 0 bridgehead atoms. The first kappa shape index (κ1) is 15.9. The summed E-state index contributed by atoms with van der Waals surface area (Å²) in [6.07, 6.45) is -3.51. The quantitative estimate of drug-likeness (QED) is 0.865. The Bertz CT molecular complexity index is 542. The molecule has 21 heavy (non-hydrogen) atoms. The van der Waals surface area contributed by atoms with E-state index in [0.717, 1.165) is 11.3 Å². The molecular formula is C13H15F3N2O2S.